The van der Waals surface area contributed by atoms with E-state index in [1.165, 1.54) is 0 Å². The zero-order valence-corrected chi connectivity index (χ0v) is 10.5. The molecule has 0 aliphatic carbocycles. The predicted octanol–water partition coefficient (Wildman–Crippen LogP) is 2.43. The van der Waals surface area contributed by atoms with Gasteiger partial charge in [-0.3, -0.25) is 4.79 Å². The standard InChI is InChI=1S/C10H14ClF3O4/c1-2-3-4-17-8(15)5-7(6-11)18-9(16)10(12,13)14/h7H,2-6H2,1H3. The summed E-state index contributed by atoms with van der Waals surface area (Å²) in [5, 5.41) is 0. The molecule has 0 rings (SSSR count). The second-order valence-electron chi connectivity index (χ2n) is 3.46. The van der Waals surface area contributed by atoms with Gasteiger partial charge in [0, 0.05) is 0 Å². The van der Waals surface area contributed by atoms with E-state index in [4.69, 9.17) is 16.3 Å². The highest BCUT2D eigenvalue weighted by atomic mass is 35.5. The number of rotatable bonds is 7. The van der Waals surface area contributed by atoms with E-state index in [0.717, 1.165) is 6.42 Å². The molecule has 1 unspecified atom stereocenters. The van der Waals surface area contributed by atoms with Crippen molar-refractivity contribution in [2.75, 3.05) is 12.5 Å². The van der Waals surface area contributed by atoms with Crippen LogP contribution in [0.2, 0.25) is 0 Å². The van der Waals surface area contributed by atoms with E-state index in [9.17, 15) is 22.8 Å². The summed E-state index contributed by atoms with van der Waals surface area (Å²) in [6.07, 6.45) is -5.46. The minimum atomic E-state index is -5.10. The third-order valence-electron chi connectivity index (χ3n) is 1.83. The van der Waals surface area contributed by atoms with Gasteiger partial charge in [0.25, 0.3) is 0 Å². The van der Waals surface area contributed by atoms with Gasteiger partial charge in [-0.1, -0.05) is 13.3 Å². The minimum Gasteiger partial charge on any atom is -0.466 e. The van der Waals surface area contributed by atoms with Gasteiger partial charge in [0.15, 0.2) is 0 Å². The van der Waals surface area contributed by atoms with Gasteiger partial charge in [0.05, 0.1) is 18.9 Å². The molecule has 0 heterocycles. The first-order valence-corrected chi connectivity index (χ1v) is 5.84. The molecule has 0 N–H and O–H groups in total. The van der Waals surface area contributed by atoms with Crippen LogP contribution in [0.3, 0.4) is 0 Å². The Hall–Kier alpha value is -0.980. The van der Waals surface area contributed by atoms with Crippen LogP contribution in [0.4, 0.5) is 13.2 Å². The maximum atomic E-state index is 11.9. The second-order valence-corrected chi connectivity index (χ2v) is 3.77. The maximum absolute atomic E-state index is 11.9. The number of halogens is 4. The van der Waals surface area contributed by atoms with Crippen LogP contribution in [0.15, 0.2) is 0 Å². The molecule has 1 atom stereocenters. The average molecular weight is 291 g/mol. The molecular formula is C10H14ClF3O4. The SMILES string of the molecule is CCCCOC(=O)CC(CCl)OC(=O)C(F)(F)F. The molecule has 0 aliphatic heterocycles. The molecule has 0 fully saturated rings. The zero-order chi connectivity index (χ0) is 14.2. The van der Waals surface area contributed by atoms with E-state index in [1.54, 1.807) is 0 Å². The fraction of sp³-hybridized carbons (Fsp3) is 0.800. The first-order chi connectivity index (χ1) is 8.31. The third-order valence-corrected chi connectivity index (χ3v) is 2.18. The Morgan fingerprint density at radius 1 is 1.33 bits per heavy atom. The zero-order valence-electron chi connectivity index (χ0n) is 9.76. The van der Waals surface area contributed by atoms with Crippen LogP contribution < -0.4 is 0 Å². The van der Waals surface area contributed by atoms with E-state index in [-0.39, 0.29) is 6.61 Å². The Balaban J connectivity index is 4.11. The Morgan fingerprint density at radius 3 is 2.39 bits per heavy atom. The van der Waals surface area contributed by atoms with Crippen molar-refractivity contribution in [2.45, 2.75) is 38.5 Å². The quantitative estimate of drug-likeness (QED) is 0.410. The first-order valence-electron chi connectivity index (χ1n) is 5.30. The summed E-state index contributed by atoms with van der Waals surface area (Å²) < 4.78 is 44.4. The lowest BCUT2D eigenvalue weighted by atomic mass is 10.3. The third kappa shape index (κ3) is 7.37. The normalized spacial score (nSPS) is 12.9. The smallest absolute Gasteiger partial charge is 0.466 e. The van der Waals surface area contributed by atoms with Gasteiger partial charge in [-0.25, -0.2) is 4.79 Å². The van der Waals surface area contributed by atoms with E-state index < -0.39 is 36.5 Å². The molecule has 0 spiro atoms. The van der Waals surface area contributed by atoms with Crippen LogP contribution in [-0.4, -0.2) is 36.7 Å². The lowest BCUT2D eigenvalue weighted by Gasteiger charge is -2.15. The van der Waals surface area contributed by atoms with Gasteiger partial charge >= 0.3 is 18.1 Å². The van der Waals surface area contributed by atoms with Crippen LogP contribution >= 0.6 is 11.6 Å². The van der Waals surface area contributed by atoms with Gasteiger partial charge < -0.3 is 9.47 Å². The van der Waals surface area contributed by atoms with Crippen molar-refractivity contribution < 1.29 is 32.2 Å². The van der Waals surface area contributed by atoms with Gasteiger partial charge in [0.2, 0.25) is 0 Å². The summed E-state index contributed by atoms with van der Waals surface area (Å²) >= 11 is 5.31. The van der Waals surface area contributed by atoms with Gasteiger partial charge in [0.1, 0.15) is 6.10 Å². The van der Waals surface area contributed by atoms with Crippen LogP contribution in [0.1, 0.15) is 26.2 Å². The molecule has 0 bridgehead atoms. The molecule has 0 aliphatic rings. The molecule has 18 heavy (non-hydrogen) atoms. The van der Waals surface area contributed by atoms with Crippen molar-refractivity contribution >= 4 is 23.5 Å². The van der Waals surface area contributed by atoms with Crippen molar-refractivity contribution in [3.05, 3.63) is 0 Å². The molecule has 0 aromatic heterocycles. The molecule has 0 saturated carbocycles. The largest absolute Gasteiger partial charge is 0.490 e. The Labute approximate surface area is 107 Å². The Morgan fingerprint density at radius 2 is 1.94 bits per heavy atom. The summed E-state index contributed by atoms with van der Waals surface area (Å²) in [5.74, 6) is -3.52. The molecule has 0 aromatic carbocycles. The minimum absolute atomic E-state index is 0.178. The number of unbranched alkanes of at least 4 members (excludes halogenated alkanes) is 1. The van der Waals surface area contributed by atoms with Crippen LogP contribution in [0.5, 0.6) is 0 Å². The van der Waals surface area contributed by atoms with E-state index >= 15 is 0 Å². The molecular weight excluding hydrogens is 277 g/mol. The van der Waals surface area contributed by atoms with Crippen molar-refractivity contribution in [1.29, 1.82) is 0 Å². The predicted molar refractivity (Wildman–Crippen MR) is 57.1 cm³/mol. The number of esters is 2. The fourth-order valence-corrected chi connectivity index (χ4v) is 1.09. The average Bonchev–Trinajstić information content (AvgIpc) is 2.27. The van der Waals surface area contributed by atoms with E-state index in [1.807, 2.05) is 6.92 Å². The van der Waals surface area contributed by atoms with Crippen molar-refractivity contribution in [1.82, 2.24) is 0 Å². The summed E-state index contributed by atoms with van der Waals surface area (Å²) in [6, 6.07) is 0. The molecule has 0 saturated heterocycles. The molecule has 0 amide bonds. The van der Waals surface area contributed by atoms with Crippen molar-refractivity contribution in [2.24, 2.45) is 0 Å². The van der Waals surface area contributed by atoms with Crippen molar-refractivity contribution in [3.8, 4) is 0 Å². The van der Waals surface area contributed by atoms with Crippen molar-refractivity contribution in [3.63, 3.8) is 0 Å². The lowest BCUT2D eigenvalue weighted by Crippen LogP contribution is -2.32. The lowest BCUT2D eigenvalue weighted by molar-refractivity contribution is -0.204. The molecule has 0 radical (unpaired) electrons. The van der Waals surface area contributed by atoms with Gasteiger partial charge in [-0.05, 0) is 6.42 Å². The summed E-state index contributed by atoms with van der Waals surface area (Å²) in [6.45, 7) is 2.07. The van der Waals surface area contributed by atoms with Gasteiger partial charge in [-0.15, -0.1) is 11.6 Å². The first kappa shape index (κ1) is 17.0. The number of ether oxygens (including phenoxy) is 2. The molecule has 8 heteroatoms. The maximum Gasteiger partial charge on any atom is 0.490 e. The van der Waals surface area contributed by atoms with E-state index in [0.29, 0.717) is 6.42 Å². The summed E-state index contributed by atoms with van der Waals surface area (Å²) in [5.41, 5.74) is 0. The van der Waals surface area contributed by atoms with Gasteiger partial charge in [-0.2, -0.15) is 13.2 Å². The number of hydrogen-bond donors (Lipinski definition) is 0. The van der Waals surface area contributed by atoms with Crippen LogP contribution in [0, 0.1) is 0 Å². The molecule has 0 aromatic rings. The Kier molecular flexibility index (Phi) is 7.73. The van der Waals surface area contributed by atoms with Crippen LogP contribution in [-0.2, 0) is 19.1 Å². The van der Waals surface area contributed by atoms with E-state index in [2.05, 4.69) is 4.74 Å². The highest BCUT2D eigenvalue weighted by molar-refractivity contribution is 6.18. The highest BCUT2D eigenvalue weighted by Gasteiger charge is 2.42. The number of carbonyl (C=O) groups excluding carboxylic acids is 2. The summed E-state index contributed by atoms with van der Waals surface area (Å²) in [7, 11) is 0. The number of hydrogen-bond acceptors (Lipinski definition) is 4. The number of carbonyl (C=O) groups is 2. The summed E-state index contributed by atoms with van der Waals surface area (Å²) in [4.78, 5) is 21.7. The fourth-order valence-electron chi connectivity index (χ4n) is 0.921. The second kappa shape index (κ2) is 8.18. The monoisotopic (exact) mass is 290 g/mol. The Bertz CT molecular complexity index is 281. The molecule has 106 valence electrons. The highest BCUT2D eigenvalue weighted by Crippen LogP contribution is 2.18. The van der Waals surface area contributed by atoms with Crippen LogP contribution in [0.25, 0.3) is 0 Å². The number of alkyl halides is 4. The topological polar surface area (TPSA) is 52.6 Å². The molecule has 4 nitrogen and oxygen atoms in total.